The van der Waals surface area contributed by atoms with E-state index in [9.17, 15) is 9.59 Å². The lowest BCUT2D eigenvalue weighted by Crippen LogP contribution is -2.34. The first-order valence-electron chi connectivity index (χ1n) is 8.22. The number of rotatable bonds is 5. The van der Waals surface area contributed by atoms with Crippen molar-refractivity contribution in [2.24, 2.45) is 5.92 Å². The molecule has 2 amide bonds. The lowest BCUT2D eigenvalue weighted by Gasteiger charge is -2.21. The highest BCUT2D eigenvalue weighted by molar-refractivity contribution is 6.00. The number of hydrogen-bond acceptors (Lipinski definition) is 4. The van der Waals surface area contributed by atoms with E-state index in [0.717, 1.165) is 23.0 Å². The molecule has 0 radical (unpaired) electrons. The average molecular weight is 342 g/mol. The Morgan fingerprint density at radius 1 is 1.28 bits per heavy atom. The van der Waals surface area contributed by atoms with Crippen molar-refractivity contribution in [1.29, 1.82) is 0 Å². The summed E-state index contributed by atoms with van der Waals surface area (Å²) in [5.41, 5.74) is 0.783. The van der Waals surface area contributed by atoms with Crippen LogP contribution in [-0.2, 0) is 16.1 Å². The number of ether oxygens (including phenoxy) is 1. The zero-order chi connectivity index (χ0) is 18.0. The number of nitrogens with zero attached hydrogens (tertiary/aromatic N) is 2. The topological polar surface area (TPSA) is 63.0 Å². The van der Waals surface area contributed by atoms with Gasteiger partial charge in [0.25, 0.3) is 0 Å². The number of benzene rings is 1. The number of furan rings is 1. The Kier molecular flexibility index (Phi) is 4.79. The van der Waals surface area contributed by atoms with Crippen LogP contribution in [0.3, 0.4) is 0 Å². The van der Waals surface area contributed by atoms with Crippen LogP contribution in [-0.4, -0.2) is 37.4 Å². The Morgan fingerprint density at radius 3 is 2.60 bits per heavy atom. The monoisotopic (exact) mass is 342 g/mol. The molecule has 0 N–H and O–H groups in total. The molecule has 0 saturated carbocycles. The Balaban J connectivity index is 1.65. The largest absolute Gasteiger partial charge is 0.497 e. The highest BCUT2D eigenvalue weighted by Crippen LogP contribution is 2.28. The first-order valence-corrected chi connectivity index (χ1v) is 8.22. The number of amides is 2. The first-order chi connectivity index (χ1) is 12.0. The standard InChI is InChI=1S/C19H22N2O4/c1-13-4-7-17(25-13)12-20(2)19(23)14-10-18(22)21(11-14)15-5-8-16(24-3)9-6-15/h4-9,14H,10-12H2,1-3H3. The van der Waals surface area contributed by atoms with E-state index in [4.69, 9.17) is 9.15 Å². The van der Waals surface area contributed by atoms with Crippen LogP contribution in [0.2, 0.25) is 0 Å². The van der Waals surface area contributed by atoms with E-state index in [-0.39, 0.29) is 24.2 Å². The predicted molar refractivity (Wildman–Crippen MR) is 93.4 cm³/mol. The highest BCUT2D eigenvalue weighted by Gasteiger charge is 2.36. The molecule has 0 aliphatic carbocycles. The third-order valence-electron chi connectivity index (χ3n) is 4.42. The Labute approximate surface area is 147 Å². The number of aryl methyl sites for hydroxylation is 1. The van der Waals surface area contributed by atoms with Crippen LogP contribution in [0.1, 0.15) is 17.9 Å². The molecule has 1 aromatic heterocycles. The zero-order valence-electron chi connectivity index (χ0n) is 14.7. The molecule has 2 heterocycles. The van der Waals surface area contributed by atoms with Gasteiger partial charge in [0, 0.05) is 25.7 Å². The summed E-state index contributed by atoms with van der Waals surface area (Å²) in [6.45, 7) is 2.67. The van der Waals surface area contributed by atoms with Gasteiger partial charge in [-0.15, -0.1) is 0 Å². The quantitative estimate of drug-likeness (QED) is 0.838. The predicted octanol–water partition coefficient (Wildman–Crippen LogP) is 2.61. The van der Waals surface area contributed by atoms with Gasteiger partial charge in [0.1, 0.15) is 17.3 Å². The van der Waals surface area contributed by atoms with Gasteiger partial charge >= 0.3 is 0 Å². The number of anilines is 1. The molecule has 6 nitrogen and oxygen atoms in total. The summed E-state index contributed by atoms with van der Waals surface area (Å²) in [5, 5.41) is 0. The Hall–Kier alpha value is -2.76. The van der Waals surface area contributed by atoms with E-state index >= 15 is 0 Å². The number of hydrogen-bond donors (Lipinski definition) is 0. The van der Waals surface area contributed by atoms with Crippen molar-refractivity contribution in [3.05, 3.63) is 47.9 Å². The fourth-order valence-corrected chi connectivity index (χ4v) is 3.08. The van der Waals surface area contributed by atoms with Gasteiger partial charge in [0.05, 0.1) is 19.6 Å². The van der Waals surface area contributed by atoms with Crippen LogP contribution < -0.4 is 9.64 Å². The SMILES string of the molecule is COc1ccc(N2CC(C(=O)N(C)Cc3ccc(C)o3)CC2=O)cc1. The third kappa shape index (κ3) is 3.68. The van der Waals surface area contributed by atoms with Gasteiger partial charge < -0.3 is 19.0 Å². The minimum absolute atomic E-state index is 0.0363. The lowest BCUT2D eigenvalue weighted by atomic mass is 10.1. The number of methoxy groups -OCH3 is 1. The van der Waals surface area contributed by atoms with Crippen molar-refractivity contribution in [2.75, 3.05) is 25.6 Å². The summed E-state index contributed by atoms with van der Waals surface area (Å²) < 4.78 is 10.7. The van der Waals surface area contributed by atoms with E-state index in [1.54, 1.807) is 24.0 Å². The molecule has 1 atom stereocenters. The smallest absolute Gasteiger partial charge is 0.228 e. The zero-order valence-corrected chi connectivity index (χ0v) is 14.7. The molecule has 1 aromatic carbocycles. The van der Waals surface area contributed by atoms with E-state index < -0.39 is 0 Å². The number of carbonyl (C=O) groups excluding carboxylic acids is 2. The Morgan fingerprint density at radius 2 is 2.00 bits per heavy atom. The van der Waals surface area contributed by atoms with Crippen LogP contribution in [0.15, 0.2) is 40.8 Å². The average Bonchev–Trinajstić information content (AvgIpc) is 3.20. The summed E-state index contributed by atoms with van der Waals surface area (Å²) in [6, 6.07) is 11.0. The summed E-state index contributed by atoms with van der Waals surface area (Å²) in [4.78, 5) is 28.3. The molecule has 132 valence electrons. The maximum absolute atomic E-state index is 12.7. The van der Waals surface area contributed by atoms with Gasteiger partial charge in [-0.25, -0.2) is 0 Å². The third-order valence-corrected chi connectivity index (χ3v) is 4.42. The molecule has 1 saturated heterocycles. The second-order valence-electron chi connectivity index (χ2n) is 6.31. The molecule has 1 aliphatic heterocycles. The first kappa shape index (κ1) is 17.1. The van der Waals surface area contributed by atoms with Gasteiger partial charge in [-0.1, -0.05) is 0 Å². The van der Waals surface area contributed by atoms with Gasteiger partial charge in [0.15, 0.2) is 0 Å². The maximum atomic E-state index is 12.7. The molecule has 3 rings (SSSR count). The summed E-state index contributed by atoms with van der Waals surface area (Å²) >= 11 is 0. The van der Waals surface area contributed by atoms with Crippen LogP contribution in [0.4, 0.5) is 5.69 Å². The second kappa shape index (κ2) is 7.01. The fourth-order valence-electron chi connectivity index (χ4n) is 3.08. The van der Waals surface area contributed by atoms with Crippen LogP contribution in [0, 0.1) is 12.8 Å². The van der Waals surface area contributed by atoms with Crippen molar-refractivity contribution in [3.8, 4) is 5.75 Å². The van der Waals surface area contributed by atoms with Gasteiger partial charge in [-0.2, -0.15) is 0 Å². The molecule has 25 heavy (non-hydrogen) atoms. The van der Waals surface area contributed by atoms with Gasteiger partial charge in [-0.05, 0) is 43.3 Å². The van der Waals surface area contributed by atoms with Crippen molar-refractivity contribution in [3.63, 3.8) is 0 Å². The van der Waals surface area contributed by atoms with Crippen LogP contribution >= 0.6 is 0 Å². The normalized spacial score (nSPS) is 17.0. The van der Waals surface area contributed by atoms with Crippen molar-refractivity contribution >= 4 is 17.5 Å². The highest BCUT2D eigenvalue weighted by atomic mass is 16.5. The van der Waals surface area contributed by atoms with E-state index in [2.05, 4.69) is 0 Å². The molecule has 0 spiro atoms. The summed E-state index contributed by atoms with van der Waals surface area (Å²) in [6.07, 6.45) is 0.229. The fraction of sp³-hybridized carbons (Fsp3) is 0.368. The van der Waals surface area contributed by atoms with Crippen LogP contribution in [0.5, 0.6) is 5.75 Å². The minimum atomic E-state index is -0.337. The molecular weight excluding hydrogens is 320 g/mol. The molecule has 2 aromatic rings. The summed E-state index contributed by atoms with van der Waals surface area (Å²) in [7, 11) is 3.34. The van der Waals surface area contributed by atoms with E-state index in [1.165, 1.54) is 0 Å². The number of carbonyl (C=O) groups is 2. The van der Waals surface area contributed by atoms with E-state index in [0.29, 0.717) is 13.1 Å². The van der Waals surface area contributed by atoms with Gasteiger partial charge in [0.2, 0.25) is 11.8 Å². The second-order valence-corrected chi connectivity index (χ2v) is 6.31. The minimum Gasteiger partial charge on any atom is -0.497 e. The lowest BCUT2D eigenvalue weighted by molar-refractivity contribution is -0.135. The molecule has 1 aliphatic rings. The van der Waals surface area contributed by atoms with E-state index in [1.807, 2.05) is 43.3 Å². The van der Waals surface area contributed by atoms with Crippen molar-refractivity contribution in [1.82, 2.24) is 4.90 Å². The van der Waals surface area contributed by atoms with Crippen molar-refractivity contribution in [2.45, 2.75) is 19.9 Å². The van der Waals surface area contributed by atoms with Crippen LogP contribution in [0.25, 0.3) is 0 Å². The van der Waals surface area contributed by atoms with Gasteiger partial charge in [-0.3, -0.25) is 9.59 Å². The molecule has 6 heteroatoms. The molecule has 0 bridgehead atoms. The summed E-state index contributed by atoms with van der Waals surface area (Å²) in [5.74, 6) is 1.87. The molecule has 1 unspecified atom stereocenters. The molecular formula is C19H22N2O4. The Bertz CT molecular complexity index is 766. The van der Waals surface area contributed by atoms with Crippen molar-refractivity contribution < 1.29 is 18.7 Å². The maximum Gasteiger partial charge on any atom is 0.228 e. The molecule has 1 fully saturated rings.